The van der Waals surface area contributed by atoms with Gasteiger partial charge < -0.3 is 4.74 Å². The fourth-order valence-electron chi connectivity index (χ4n) is 3.83. The average Bonchev–Trinajstić information content (AvgIpc) is 3.14. The Hall–Kier alpha value is -2.63. The molecule has 2 atom stereocenters. The monoisotopic (exact) mass is 304 g/mol. The van der Waals surface area contributed by atoms with Gasteiger partial charge in [0.2, 0.25) is 12.0 Å². The molecule has 5 heteroatoms. The Labute approximate surface area is 132 Å². The quantitative estimate of drug-likeness (QED) is 0.649. The van der Waals surface area contributed by atoms with Crippen LogP contribution in [0, 0.1) is 0 Å². The van der Waals surface area contributed by atoms with Gasteiger partial charge in [0.15, 0.2) is 0 Å². The molecular weight excluding hydrogens is 290 g/mol. The summed E-state index contributed by atoms with van der Waals surface area (Å²) in [6, 6.07) is 15.5. The first-order valence-corrected chi connectivity index (χ1v) is 7.66. The number of hydrogen-bond donors (Lipinski definition) is 0. The number of hydrogen-bond acceptors (Lipinski definition) is 4. The predicted octanol–water partition coefficient (Wildman–Crippen LogP) is 2.82. The molecule has 0 radical (unpaired) electrons. The number of quaternary nitrogens is 1. The second-order valence-electron chi connectivity index (χ2n) is 5.92. The first-order valence-electron chi connectivity index (χ1n) is 7.66. The van der Waals surface area contributed by atoms with E-state index in [0.717, 1.165) is 27.8 Å². The van der Waals surface area contributed by atoms with E-state index in [2.05, 4.69) is 9.97 Å². The Morgan fingerprint density at radius 1 is 1.04 bits per heavy atom. The lowest BCUT2D eigenvalue weighted by atomic mass is 10.1. The highest BCUT2D eigenvalue weighted by molar-refractivity contribution is 6.09. The molecule has 23 heavy (non-hydrogen) atoms. The van der Waals surface area contributed by atoms with Gasteiger partial charge in [0.05, 0.1) is 22.0 Å². The van der Waals surface area contributed by atoms with Crippen molar-refractivity contribution < 1.29 is 9.53 Å². The van der Waals surface area contributed by atoms with Crippen molar-refractivity contribution >= 4 is 22.6 Å². The lowest BCUT2D eigenvalue weighted by Gasteiger charge is -2.28. The van der Waals surface area contributed by atoms with Crippen molar-refractivity contribution in [1.29, 1.82) is 0 Å². The molecule has 2 aliphatic rings. The fraction of sp³-hybridized carbons (Fsp3) is 0.167. The summed E-state index contributed by atoms with van der Waals surface area (Å²) in [5, 5.41) is 0.909. The largest absolute Gasteiger partial charge is 0.355 e. The molecule has 3 aromatic rings. The van der Waals surface area contributed by atoms with Crippen LogP contribution >= 0.6 is 0 Å². The Balaban J connectivity index is 1.83. The van der Waals surface area contributed by atoms with Gasteiger partial charge in [-0.1, -0.05) is 24.3 Å². The number of carbonyl (C=O) groups excluding carboxylic acids is 1. The molecule has 0 spiro atoms. The van der Waals surface area contributed by atoms with Crippen molar-refractivity contribution in [3.05, 3.63) is 66.0 Å². The van der Waals surface area contributed by atoms with Crippen molar-refractivity contribution in [1.82, 2.24) is 14.5 Å². The van der Waals surface area contributed by atoms with Crippen molar-refractivity contribution in [2.45, 2.75) is 6.23 Å². The minimum absolute atomic E-state index is 0.0620. The molecule has 1 amide bonds. The summed E-state index contributed by atoms with van der Waals surface area (Å²) in [7, 11) is 0. The smallest absolute Gasteiger partial charge is 0.318 e. The number of nitrogens with zero attached hydrogens (tertiary/aromatic N) is 3. The Kier molecular flexibility index (Phi) is 2.48. The summed E-state index contributed by atoms with van der Waals surface area (Å²) in [5.41, 5.74) is 2.54. The third kappa shape index (κ3) is 1.50. The number of amides is 1. The topological polar surface area (TPSA) is 52.1 Å². The molecule has 5 rings (SSSR count). The Morgan fingerprint density at radius 3 is 2.83 bits per heavy atom. The first kappa shape index (κ1) is 12.9. The summed E-state index contributed by atoms with van der Waals surface area (Å²) >= 11 is 0. The summed E-state index contributed by atoms with van der Waals surface area (Å²) < 4.78 is 6.08. The zero-order valence-corrected chi connectivity index (χ0v) is 12.3. The van der Waals surface area contributed by atoms with E-state index in [0.29, 0.717) is 13.2 Å². The standard InChI is InChI=1S/C18H14N3O2/c22-17-12-5-1-2-6-13(12)18-21(17,9-10-23-18)16-14-7-3-4-8-15(14)19-11-20-16/h1-8,11,18H,9-10H2/q+1. The molecule has 2 aliphatic heterocycles. The third-order valence-corrected chi connectivity index (χ3v) is 4.84. The van der Waals surface area contributed by atoms with Gasteiger partial charge in [-0.25, -0.2) is 9.78 Å². The maximum Gasteiger partial charge on any atom is 0.355 e. The molecule has 0 N–H and O–H groups in total. The van der Waals surface area contributed by atoms with Crippen LogP contribution in [0.2, 0.25) is 0 Å². The van der Waals surface area contributed by atoms with Crippen LogP contribution in [0.3, 0.4) is 0 Å². The molecule has 1 aromatic heterocycles. The van der Waals surface area contributed by atoms with E-state index in [1.807, 2.05) is 48.5 Å². The summed E-state index contributed by atoms with van der Waals surface area (Å²) in [6.45, 7) is 1.14. The van der Waals surface area contributed by atoms with Crippen molar-refractivity contribution in [2.24, 2.45) is 0 Å². The van der Waals surface area contributed by atoms with Crippen LogP contribution in [0.5, 0.6) is 0 Å². The molecule has 0 saturated carbocycles. The number of ether oxygens (including phenoxy) is 1. The molecule has 5 nitrogen and oxygen atoms in total. The van der Waals surface area contributed by atoms with Crippen molar-refractivity contribution in [2.75, 3.05) is 13.2 Å². The van der Waals surface area contributed by atoms with E-state index in [9.17, 15) is 4.79 Å². The van der Waals surface area contributed by atoms with Gasteiger partial charge in [-0.2, -0.15) is 9.47 Å². The minimum atomic E-state index is -0.308. The number of aromatic nitrogens is 2. The summed E-state index contributed by atoms with van der Waals surface area (Å²) in [5.74, 6) is 0.797. The summed E-state index contributed by atoms with van der Waals surface area (Å²) in [6.07, 6.45) is 1.23. The number of fused-ring (bicyclic) bond motifs is 4. The van der Waals surface area contributed by atoms with Crippen LogP contribution in [0.25, 0.3) is 10.9 Å². The normalized spacial score (nSPS) is 25.6. The van der Waals surface area contributed by atoms with Crippen LogP contribution in [0.1, 0.15) is 22.1 Å². The molecule has 0 bridgehead atoms. The minimum Gasteiger partial charge on any atom is -0.318 e. The highest BCUT2D eigenvalue weighted by atomic mass is 16.5. The first-order chi connectivity index (χ1) is 11.3. The molecule has 112 valence electrons. The molecular formula is C18H14N3O2+. The van der Waals surface area contributed by atoms with Gasteiger partial charge in [0.1, 0.15) is 19.5 Å². The fourth-order valence-corrected chi connectivity index (χ4v) is 3.83. The molecule has 3 heterocycles. The van der Waals surface area contributed by atoms with Crippen molar-refractivity contribution in [3.63, 3.8) is 0 Å². The highest BCUT2D eigenvalue weighted by Gasteiger charge is 2.60. The zero-order valence-electron chi connectivity index (χ0n) is 12.3. The van der Waals surface area contributed by atoms with E-state index < -0.39 is 0 Å². The molecule has 0 aliphatic carbocycles. The zero-order chi connectivity index (χ0) is 15.4. The number of benzene rings is 2. The van der Waals surface area contributed by atoms with Crippen LogP contribution < -0.4 is 4.48 Å². The molecule has 1 saturated heterocycles. The number of para-hydroxylation sites is 1. The maximum atomic E-state index is 13.3. The van der Waals surface area contributed by atoms with Crippen LogP contribution in [-0.4, -0.2) is 29.0 Å². The van der Waals surface area contributed by atoms with Crippen LogP contribution in [-0.2, 0) is 4.74 Å². The van der Waals surface area contributed by atoms with E-state index >= 15 is 0 Å². The molecule has 1 fully saturated rings. The van der Waals surface area contributed by atoms with Crippen LogP contribution in [0.15, 0.2) is 54.9 Å². The van der Waals surface area contributed by atoms with Gasteiger partial charge >= 0.3 is 5.91 Å². The lowest BCUT2D eigenvalue weighted by molar-refractivity contribution is 0.0389. The average molecular weight is 304 g/mol. The van der Waals surface area contributed by atoms with Gasteiger partial charge in [0.25, 0.3) is 0 Å². The van der Waals surface area contributed by atoms with Gasteiger partial charge in [0, 0.05) is 0 Å². The predicted molar refractivity (Wildman–Crippen MR) is 85.7 cm³/mol. The molecule has 2 aromatic carbocycles. The van der Waals surface area contributed by atoms with Gasteiger partial charge in [-0.05, 0) is 24.3 Å². The van der Waals surface area contributed by atoms with Crippen molar-refractivity contribution in [3.8, 4) is 0 Å². The second kappa shape index (κ2) is 4.44. The second-order valence-corrected chi connectivity index (χ2v) is 5.92. The Bertz CT molecular complexity index is 950. The summed E-state index contributed by atoms with van der Waals surface area (Å²) in [4.78, 5) is 22.1. The lowest BCUT2D eigenvalue weighted by Crippen LogP contribution is -2.50. The number of rotatable bonds is 1. The van der Waals surface area contributed by atoms with Gasteiger partial charge in [-0.3, -0.25) is 0 Å². The van der Waals surface area contributed by atoms with E-state index in [1.54, 1.807) is 0 Å². The van der Waals surface area contributed by atoms with Crippen LogP contribution in [0.4, 0.5) is 5.82 Å². The molecule has 2 unspecified atom stereocenters. The highest BCUT2D eigenvalue weighted by Crippen LogP contribution is 2.48. The number of carbonyl (C=O) groups is 1. The Morgan fingerprint density at radius 2 is 1.87 bits per heavy atom. The van der Waals surface area contributed by atoms with Gasteiger partial charge in [-0.15, -0.1) is 0 Å². The van der Waals surface area contributed by atoms with E-state index in [-0.39, 0.29) is 16.6 Å². The third-order valence-electron chi connectivity index (χ3n) is 4.84. The maximum absolute atomic E-state index is 13.3. The van der Waals surface area contributed by atoms with E-state index in [4.69, 9.17) is 4.74 Å². The SMILES string of the molecule is O=C1c2ccccc2C2OCC[N+]12c1ncnc2ccccc12. The van der Waals surface area contributed by atoms with E-state index in [1.165, 1.54) is 6.33 Å².